The molecule has 0 radical (unpaired) electrons. The number of amides is 2. The Morgan fingerprint density at radius 2 is 2.08 bits per heavy atom. The van der Waals surface area contributed by atoms with Crippen molar-refractivity contribution >= 4 is 12.3 Å². The summed E-state index contributed by atoms with van der Waals surface area (Å²) < 4.78 is 0. The third-order valence-electron chi connectivity index (χ3n) is 2.00. The molecule has 0 atom stereocenters. The summed E-state index contributed by atoms with van der Waals surface area (Å²) in [4.78, 5) is 22.9. The Balaban J connectivity index is 2.35. The fraction of sp³-hybridized carbons (Fsp3) is 0.750. The van der Waals surface area contributed by atoms with Crippen molar-refractivity contribution in [1.29, 1.82) is 0 Å². The van der Waals surface area contributed by atoms with Gasteiger partial charge in [0.05, 0.1) is 0 Å². The zero-order valence-electron chi connectivity index (χ0n) is 7.82. The lowest BCUT2D eigenvalue weighted by molar-refractivity contribution is -0.123. The largest absolute Gasteiger partial charge is 0.344 e. The molecule has 13 heavy (non-hydrogen) atoms. The van der Waals surface area contributed by atoms with Crippen molar-refractivity contribution < 1.29 is 9.59 Å². The van der Waals surface area contributed by atoms with Crippen LogP contribution in [0.15, 0.2) is 0 Å². The summed E-state index contributed by atoms with van der Waals surface area (Å²) in [5.41, 5.74) is 2.72. The number of nitrogens with one attached hydrogen (secondary N) is 1. The Bertz CT molecular complexity index is 196. The smallest absolute Gasteiger partial charge is 0.231 e. The van der Waals surface area contributed by atoms with E-state index in [1.807, 2.05) is 5.01 Å². The second-order valence-corrected chi connectivity index (χ2v) is 3.15. The predicted octanol–water partition coefficient (Wildman–Crippen LogP) is -0.798. The van der Waals surface area contributed by atoms with Gasteiger partial charge in [0.15, 0.2) is 0 Å². The average Bonchev–Trinajstić information content (AvgIpc) is 2.29. The van der Waals surface area contributed by atoms with Gasteiger partial charge in [0.25, 0.3) is 0 Å². The Labute approximate surface area is 77.7 Å². The van der Waals surface area contributed by atoms with Crippen LogP contribution in [0.2, 0.25) is 0 Å². The molecule has 1 heterocycles. The van der Waals surface area contributed by atoms with Gasteiger partial charge in [-0.3, -0.25) is 15.0 Å². The van der Waals surface area contributed by atoms with Crippen LogP contribution in [0.1, 0.15) is 13.3 Å². The second-order valence-electron chi connectivity index (χ2n) is 3.15. The molecule has 1 fully saturated rings. The van der Waals surface area contributed by atoms with Gasteiger partial charge in [0, 0.05) is 33.1 Å². The van der Waals surface area contributed by atoms with Crippen LogP contribution in [0.3, 0.4) is 0 Å². The number of nitrogens with zero attached hydrogens (tertiary/aromatic N) is 2. The zero-order chi connectivity index (χ0) is 9.68. The van der Waals surface area contributed by atoms with Crippen molar-refractivity contribution in [2.24, 2.45) is 0 Å². The van der Waals surface area contributed by atoms with Gasteiger partial charge in [-0.25, -0.2) is 5.01 Å². The Kier molecular flexibility index (Phi) is 3.70. The van der Waals surface area contributed by atoms with E-state index in [0.717, 1.165) is 25.9 Å². The molecule has 0 unspecified atom stereocenters. The molecule has 1 saturated heterocycles. The highest BCUT2D eigenvalue weighted by molar-refractivity contribution is 5.72. The minimum atomic E-state index is -0.0560. The molecule has 2 amide bonds. The highest BCUT2D eigenvalue weighted by Crippen LogP contribution is 1.97. The van der Waals surface area contributed by atoms with Gasteiger partial charge in [0.1, 0.15) is 0 Å². The summed E-state index contributed by atoms with van der Waals surface area (Å²) in [5.74, 6) is -0.0560. The van der Waals surface area contributed by atoms with Crippen molar-refractivity contribution in [2.75, 3.05) is 26.2 Å². The highest BCUT2D eigenvalue weighted by Gasteiger charge is 2.13. The van der Waals surface area contributed by atoms with Crippen molar-refractivity contribution in [1.82, 2.24) is 15.3 Å². The lowest BCUT2D eigenvalue weighted by Crippen LogP contribution is -2.43. The molecule has 0 aromatic rings. The van der Waals surface area contributed by atoms with Crippen LogP contribution >= 0.6 is 0 Å². The number of hydrogen-bond acceptors (Lipinski definition) is 3. The summed E-state index contributed by atoms with van der Waals surface area (Å²) in [7, 11) is 0. The van der Waals surface area contributed by atoms with E-state index in [0.29, 0.717) is 13.1 Å². The molecular weight excluding hydrogens is 170 g/mol. The monoisotopic (exact) mass is 185 g/mol. The van der Waals surface area contributed by atoms with Crippen LogP contribution in [0, 0.1) is 0 Å². The molecular formula is C8H15N3O2. The summed E-state index contributed by atoms with van der Waals surface area (Å²) in [6.07, 6.45) is 1.76. The first-order chi connectivity index (χ1) is 6.22. The van der Waals surface area contributed by atoms with E-state index in [-0.39, 0.29) is 5.91 Å². The Morgan fingerprint density at radius 1 is 1.31 bits per heavy atom. The van der Waals surface area contributed by atoms with Crippen LogP contribution in [-0.4, -0.2) is 48.4 Å². The minimum Gasteiger partial charge on any atom is -0.344 e. The normalized spacial score (nSPS) is 19.3. The van der Waals surface area contributed by atoms with Gasteiger partial charge in [-0.05, 0) is 6.42 Å². The van der Waals surface area contributed by atoms with E-state index >= 15 is 0 Å². The topological polar surface area (TPSA) is 52.7 Å². The van der Waals surface area contributed by atoms with Crippen LogP contribution < -0.4 is 5.43 Å². The van der Waals surface area contributed by atoms with E-state index in [2.05, 4.69) is 5.43 Å². The summed E-state index contributed by atoms with van der Waals surface area (Å²) in [5, 5.41) is 1.85. The van der Waals surface area contributed by atoms with Gasteiger partial charge in [-0.2, -0.15) is 0 Å². The molecule has 0 saturated carbocycles. The van der Waals surface area contributed by atoms with Gasteiger partial charge in [0.2, 0.25) is 12.3 Å². The molecule has 1 aliphatic heterocycles. The van der Waals surface area contributed by atoms with Crippen LogP contribution in [-0.2, 0) is 9.59 Å². The molecule has 1 rings (SSSR count). The maximum Gasteiger partial charge on any atom is 0.231 e. The van der Waals surface area contributed by atoms with Crippen molar-refractivity contribution in [3.05, 3.63) is 0 Å². The molecule has 74 valence electrons. The van der Waals surface area contributed by atoms with E-state index in [9.17, 15) is 9.59 Å². The zero-order valence-corrected chi connectivity index (χ0v) is 7.82. The van der Waals surface area contributed by atoms with Gasteiger partial charge in [-0.15, -0.1) is 0 Å². The SMILES string of the molecule is CC(=O)NN1CCCN(C=O)CC1. The van der Waals surface area contributed by atoms with E-state index in [1.165, 1.54) is 6.92 Å². The van der Waals surface area contributed by atoms with Crippen LogP contribution in [0.25, 0.3) is 0 Å². The minimum absolute atomic E-state index is 0.0560. The number of carbonyl (C=O) groups excluding carboxylic acids is 2. The Morgan fingerprint density at radius 3 is 2.69 bits per heavy atom. The predicted molar refractivity (Wildman–Crippen MR) is 47.6 cm³/mol. The van der Waals surface area contributed by atoms with Crippen molar-refractivity contribution in [3.63, 3.8) is 0 Å². The molecule has 0 aromatic carbocycles. The quantitative estimate of drug-likeness (QED) is 0.573. The molecule has 1 aliphatic rings. The first-order valence-electron chi connectivity index (χ1n) is 4.44. The Hall–Kier alpha value is -1.10. The van der Waals surface area contributed by atoms with Gasteiger partial charge in [-0.1, -0.05) is 0 Å². The summed E-state index contributed by atoms with van der Waals surface area (Å²) in [6, 6.07) is 0. The molecule has 1 N–H and O–H groups in total. The second kappa shape index (κ2) is 4.81. The third-order valence-corrected chi connectivity index (χ3v) is 2.00. The lowest BCUT2D eigenvalue weighted by Gasteiger charge is -2.19. The molecule has 0 bridgehead atoms. The number of rotatable bonds is 2. The average molecular weight is 185 g/mol. The van der Waals surface area contributed by atoms with Crippen LogP contribution in [0.5, 0.6) is 0 Å². The molecule has 0 spiro atoms. The number of hydrazine groups is 1. The third kappa shape index (κ3) is 3.42. The first kappa shape index (κ1) is 9.98. The van der Waals surface area contributed by atoms with Crippen molar-refractivity contribution in [2.45, 2.75) is 13.3 Å². The van der Waals surface area contributed by atoms with Gasteiger partial charge >= 0.3 is 0 Å². The highest BCUT2D eigenvalue weighted by atomic mass is 16.2. The first-order valence-corrected chi connectivity index (χ1v) is 4.44. The number of hydrogen-bond donors (Lipinski definition) is 1. The molecule has 0 aromatic heterocycles. The fourth-order valence-electron chi connectivity index (χ4n) is 1.38. The molecule has 5 nitrogen and oxygen atoms in total. The fourth-order valence-corrected chi connectivity index (χ4v) is 1.38. The van der Waals surface area contributed by atoms with Gasteiger partial charge < -0.3 is 4.90 Å². The standard InChI is InChI=1S/C8H15N3O2/c1-8(13)9-11-4-2-3-10(7-12)5-6-11/h7H,2-6H2,1H3,(H,9,13). The summed E-state index contributed by atoms with van der Waals surface area (Å²) >= 11 is 0. The number of carbonyl (C=O) groups is 2. The summed E-state index contributed by atoms with van der Waals surface area (Å²) in [6.45, 7) is 4.47. The van der Waals surface area contributed by atoms with E-state index < -0.39 is 0 Å². The van der Waals surface area contributed by atoms with E-state index in [4.69, 9.17) is 0 Å². The lowest BCUT2D eigenvalue weighted by atomic mass is 10.4. The maximum absolute atomic E-state index is 10.7. The van der Waals surface area contributed by atoms with Crippen molar-refractivity contribution in [3.8, 4) is 0 Å². The maximum atomic E-state index is 10.7. The van der Waals surface area contributed by atoms with Crippen LogP contribution in [0.4, 0.5) is 0 Å². The molecule has 5 heteroatoms. The molecule has 0 aliphatic carbocycles. The van der Waals surface area contributed by atoms with E-state index in [1.54, 1.807) is 4.90 Å².